The van der Waals surface area contributed by atoms with Crippen molar-refractivity contribution in [3.63, 3.8) is 0 Å². The Hall–Kier alpha value is -4.51. The van der Waals surface area contributed by atoms with Crippen LogP contribution in [0.3, 0.4) is 0 Å². The molecule has 0 saturated carbocycles. The maximum Gasteiger partial charge on any atom is 0.270 e. The lowest BCUT2D eigenvalue weighted by Gasteiger charge is -2.09. The van der Waals surface area contributed by atoms with Crippen molar-refractivity contribution >= 4 is 27.3 Å². The molecular weight excluding hydrogens is 470 g/mol. The molecule has 0 fully saturated rings. The van der Waals surface area contributed by atoms with E-state index in [9.17, 15) is 23.3 Å². The zero-order chi connectivity index (χ0) is 24.8. The number of carbonyl (C=O) groups excluding carboxylic acids is 1. The first kappa shape index (κ1) is 23.6. The van der Waals surface area contributed by atoms with Crippen LogP contribution in [0.1, 0.15) is 16.1 Å². The SMILES string of the molecule is O=C(NCCc1ccn(-c2ccccc2)n1)c1ccc(NS(=O)(=O)c2cccc([N+](=O)[O-])c2)cc1. The van der Waals surface area contributed by atoms with Crippen molar-refractivity contribution in [1.82, 2.24) is 15.1 Å². The third-order valence-corrected chi connectivity index (χ3v) is 6.45. The Bertz CT molecular complexity index is 1450. The molecule has 0 unspecified atom stereocenters. The summed E-state index contributed by atoms with van der Waals surface area (Å²) < 4.78 is 29.2. The second-order valence-corrected chi connectivity index (χ2v) is 9.21. The van der Waals surface area contributed by atoms with Crippen molar-refractivity contribution in [1.29, 1.82) is 0 Å². The summed E-state index contributed by atoms with van der Waals surface area (Å²) in [6, 6.07) is 22.2. The van der Waals surface area contributed by atoms with Crippen LogP contribution in [-0.4, -0.2) is 35.6 Å². The Balaban J connectivity index is 1.32. The average Bonchev–Trinajstić information content (AvgIpc) is 3.34. The van der Waals surface area contributed by atoms with Crippen LogP contribution in [0.25, 0.3) is 5.69 Å². The molecule has 4 rings (SSSR count). The summed E-state index contributed by atoms with van der Waals surface area (Å²) in [5.74, 6) is -0.305. The number of nitrogens with zero attached hydrogens (tertiary/aromatic N) is 3. The number of anilines is 1. The number of rotatable bonds is 9. The predicted octanol–water partition coefficient (Wildman–Crippen LogP) is 3.55. The van der Waals surface area contributed by atoms with E-state index in [4.69, 9.17) is 0 Å². The topological polar surface area (TPSA) is 136 Å². The van der Waals surface area contributed by atoms with Crippen molar-refractivity contribution in [3.8, 4) is 5.69 Å². The van der Waals surface area contributed by atoms with E-state index in [-0.39, 0.29) is 22.2 Å². The second kappa shape index (κ2) is 10.2. The minimum atomic E-state index is -4.03. The van der Waals surface area contributed by atoms with Gasteiger partial charge in [0.2, 0.25) is 0 Å². The fourth-order valence-electron chi connectivity index (χ4n) is 3.29. The van der Waals surface area contributed by atoms with E-state index in [2.05, 4.69) is 15.1 Å². The molecule has 0 aliphatic carbocycles. The molecule has 178 valence electrons. The maximum atomic E-state index is 12.5. The van der Waals surface area contributed by atoms with Gasteiger partial charge in [-0.05, 0) is 48.5 Å². The van der Waals surface area contributed by atoms with E-state index in [0.29, 0.717) is 18.5 Å². The van der Waals surface area contributed by atoms with E-state index < -0.39 is 14.9 Å². The highest BCUT2D eigenvalue weighted by Gasteiger charge is 2.18. The van der Waals surface area contributed by atoms with Gasteiger partial charge in [-0.25, -0.2) is 13.1 Å². The summed E-state index contributed by atoms with van der Waals surface area (Å²) in [5, 5.41) is 18.2. The van der Waals surface area contributed by atoms with Crippen molar-refractivity contribution in [2.45, 2.75) is 11.3 Å². The van der Waals surface area contributed by atoms with Gasteiger partial charge >= 0.3 is 0 Å². The normalized spacial score (nSPS) is 11.1. The molecule has 4 aromatic rings. The van der Waals surface area contributed by atoms with Gasteiger partial charge in [-0.2, -0.15) is 5.10 Å². The van der Waals surface area contributed by atoms with Gasteiger partial charge in [-0.15, -0.1) is 0 Å². The standard InChI is InChI=1S/C24H21N5O5S/c30-24(25-15-13-19-14-16-28(26-19)21-5-2-1-3-6-21)18-9-11-20(12-10-18)27-35(33,34)23-8-4-7-22(17-23)29(31)32/h1-12,14,16-17,27H,13,15H2,(H,25,30). The molecule has 2 N–H and O–H groups in total. The summed E-state index contributed by atoms with van der Waals surface area (Å²) in [6.07, 6.45) is 2.41. The molecule has 0 spiro atoms. The van der Waals surface area contributed by atoms with Crippen LogP contribution in [0.5, 0.6) is 0 Å². The largest absolute Gasteiger partial charge is 0.352 e. The van der Waals surface area contributed by atoms with E-state index in [1.165, 1.54) is 42.5 Å². The molecule has 0 radical (unpaired) electrons. The molecule has 1 aromatic heterocycles. The minimum absolute atomic E-state index is 0.222. The molecule has 1 amide bonds. The minimum Gasteiger partial charge on any atom is -0.352 e. The van der Waals surface area contributed by atoms with Crippen LogP contribution in [0.15, 0.2) is 96.0 Å². The molecule has 0 aliphatic heterocycles. The van der Waals surface area contributed by atoms with Crippen LogP contribution in [0.4, 0.5) is 11.4 Å². The van der Waals surface area contributed by atoms with Gasteiger partial charge in [-0.1, -0.05) is 24.3 Å². The highest BCUT2D eigenvalue weighted by Crippen LogP contribution is 2.21. The third-order valence-electron chi connectivity index (χ3n) is 5.07. The van der Waals surface area contributed by atoms with Gasteiger partial charge in [0.25, 0.3) is 21.6 Å². The Kier molecular flexibility index (Phi) is 6.88. The number of aromatic nitrogens is 2. The number of carbonyl (C=O) groups is 1. The molecule has 0 atom stereocenters. The number of non-ortho nitro benzene ring substituents is 1. The van der Waals surface area contributed by atoms with E-state index >= 15 is 0 Å². The average molecular weight is 492 g/mol. The van der Waals surface area contributed by atoms with Crippen LogP contribution in [0, 0.1) is 10.1 Å². The highest BCUT2D eigenvalue weighted by atomic mass is 32.2. The number of amides is 1. The lowest BCUT2D eigenvalue weighted by molar-refractivity contribution is -0.385. The predicted molar refractivity (Wildman–Crippen MR) is 130 cm³/mol. The Morgan fingerprint density at radius 3 is 2.43 bits per heavy atom. The van der Waals surface area contributed by atoms with Crippen LogP contribution in [-0.2, 0) is 16.4 Å². The smallest absolute Gasteiger partial charge is 0.270 e. The number of nitrogens with one attached hydrogen (secondary N) is 2. The van der Waals surface area contributed by atoms with Crippen molar-refractivity contribution in [2.75, 3.05) is 11.3 Å². The highest BCUT2D eigenvalue weighted by molar-refractivity contribution is 7.92. The molecule has 10 nitrogen and oxygen atoms in total. The third kappa shape index (κ3) is 5.89. The first-order valence-corrected chi connectivity index (χ1v) is 12.1. The number of hydrogen-bond acceptors (Lipinski definition) is 6. The van der Waals surface area contributed by atoms with Crippen LogP contribution >= 0.6 is 0 Å². The molecule has 0 saturated heterocycles. The number of nitro benzene ring substituents is 1. The summed E-state index contributed by atoms with van der Waals surface area (Å²) in [7, 11) is -4.03. The van der Waals surface area contributed by atoms with E-state index in [1.807, 2.05) is 42.6 Å². The molecule has 35 heavy (non-hydrogen) atoms. The first-order valence-electron chi connectivity index (χ1n) is 10.6. The lowest BCUT2D eigenvalue weighted by atomic mass is 10.2. The fraction of sp³-hybridized carbons (Fsp3) is 0.0833. The Morgan fingerprint density at radius 1 is 0.971 bits per heavy atom. The lowest BCUT2D eigenvalue weighted by Crippen LogP contribution is -2.25. The summed E-state index contributed by atoms with van der Waals surface area (Å²) in [4.78, 5) is 22.4. The Morgan fingerprint density at radius 2 is 1.71 bits per heavy atom. The zero-order valence-electron chi connectivity index (χ0n) is 18.4. The van der Waals surface area contributed by atoms with Gasteiger partial charge in [0.1, 0.15) is 0 Å². The van der Waals surface area contributed by atoms with Gasteiger partial charge < -0.3 is 5.32 Å². The van der Waals surface area contributed by atoms with Gasteiger partial charge in [0.05, 0.1) is 21.2 Å². The molecule has 0 bridgehead atoms. The number of sulfonamides is 1. The molecule has 3 aromatic carbocycles. The van der Waals surface area contributed by atoms with Crippen LogP contribution < -0.4 is 10.0 Å². The van der Waals surface area contributed by atoms with Gasteiger partial charge in [0, 0.05) is 42.5 Å². The molecule has 0 aliphatic rings. The number of hydrogen-bond donors (Lipinski definition) is 2. The molecule has 1 heterocycles. The number of para-hydroxylation sites is 1. The van der Waals surface area contributed by atoms with Crippen molar-refractivity contribution in [2.24, 2.45) is 0 Å². The van der Waals surface area contributed by atoms with Crippen LogP contribution in [0.2, 0.25) is 0 Å². The Labute approximate surface area is 201 Å². The van der Waals surface area contributed by atoms with E-state index in [1.54, 1.807) is 4.68 Å². The first-order chi connectivity index (χ1) is 16.8. The quantitative estimate of drug-likeness (QED) is 0.271. The summed E-state index contributed by atoms with van der Waals surface area (Å²) in [5.41, 5.74) is 2.04. The van der Waals surface area contributed by atoms with Gasteiger partial charge in [-0.3, -0.25) is 19.6 Å². The fourth-order valence-corrected chi connectivity index (χ4v) is 4.39. The van der Waals surface area contributed by atoms with E-state index in [0.717, 1.165) is 17.4 Å². The number of benzene rings is 3. The van der Waals surface area contributed by atoms with Crippen molar-refractivity contribution in [3.05, 3.63) is 112 Å². The summed E-state index contributed by atoms with van der Waals surface area (Å²) >= 11 is 0. The monoisotopic (exact) mass is 491 g/mol. The van der Waals surface area contributed by atoms with Gasteiger partial charge in [0.15, 0.2) is 0 Å². The maximum absolute atomic E-state index is 12.5. The zero-order valence-corrected chi connectivity index (χ0v) is 19.2. The number of nitro groups is 1. The second-order valence-electron chi connectivity index (χ2n) is 7.53. The molecular formula is C24H21N5O5S. The summed E-state index contributed by atoms with van der Waals surface area (Å²) in [6.45, 7) is 0.381. The molecule has 11 heteroatoms. The van der Waals surface area contributed by atoms with Crippen molar-refractivity contribution < 1.29 is 18.1 Å².